The number of furan rings is 1. The van der Waals surface area contributed by atoms with Gasteiger partial charge in [-0.2, -0.15) is 14.6 Å². The van der Waals surface area contributed by atoms with Gasteiger partial charge >= 0.3 is 12.0 Å². The van der Waals surface area contributed by atoms with Crippen molar-refractivity contribution in [1.29, 1.82) is 0 Å². The average molecular weight is 648 g/mol. The largest absolute Gasteiger partial charge is 0.461 e. The highest BCUT2D eigenvalue weighted by Crippen LogP contribution is 2.24. The molecule has 0 spiro atoms. The Morgan fingerprint density at radius 2 is 1.74 bits per heavy atom. The number of hydrogen-bond acceptors (Lipinski definition) is 11. The number of urea groups is 1. The van der Waals surface area contributed by atoms with Crippen molar-refractivity contribution in [2.75, 3.05) is 30.4 Å². The van der Waals surface area contributed by atoms with E-state index < -0.39 is 11.6 Å². The monoisotopic (exact) mass is 647 g/mol. The van der Waals surface area contributed by atoms with Gasteiger partial charge in [-0.15, -0.1) is 5.10 Å². The van der Waals surface area contributed by atoms with Gasteiger partial charge in [0, 0.05) is 31.9 Å². The minimum atomic E-state index is -0.556. The van der Waals surface area contributed by atoms with Crippen LogP contribution in [0.25, 0.3) is 28.3 Å². The van der Waals surface area contributed by atoms with Gasteiger partial charge in [0.25, 0.3) is 0 Å². The molecule has 16 nitrogen and oxygen atoms in total. The van der Waals surface area contributed by atoms with Gasteiger partial charge in [-0.25, -0.2) is 19.6 Å². The fourth-order valence-corrected chi connectivity index (χ4v) is 4.48. The molecule has 47 heavy (non-hydrogen) atoms. The fourth-order valence-electron chi connectivity index (χ4n) is 4.48. The molecule has 0 radical (unpaired) electrons. The molecular weight excluding hydrogens is 610 g/mol. The molecular formula is C31H37N9O7. The maximum absolute atomic E-state index is 12.9. The topological polar surface area (TPSA) is 189 Å². The molecule has 248 valence electrons. The van der Waals surface area contributed by atoms with Crippen LogP contribution in [0.4, 0.5) is 16.4 Å². The Bertz CT molecular complexity index is 1820. The first-order valence-electron chi connectivity index (χ1n) is 15.1. The predicted molar refractivity (Wildman–Crippen MR) is 170 cm³/mol. The molecule has 0 atom stereocenters. The molecule has 4 heterocycles. The third-order valence-corrected chi connectivity index (χ3v) is 6.48. The lowest BCUT2D eigenvalue weighted by atomic mass is 10.1. The number of esters is 1. The maximum atomic E-state index is 12.9. The zero-order valence-corrected chi connectivity index (χ0v) is 26.6. The normalized spacial score (nSPS) is 11.6. The van der Waals surface area contributed by atoms with Crippen molar-refractivity contribution in [1.82, 2.24) is 34.7 Å². The summed E-state index contributed by atoms with van der Waals surface area (Å²) in [5, 5.41) is 17.7. The summed E-state index contributed by atoms with van der Waals surface area (Å²) in [4.78, 5) is 56.1. The minimum absolute atomic E-state index is 0.120. The summed E-state index contributed by atoms with van der Waals surface area (Å²) in [6.45, 7) is 6.29. The number of aryl methyl sites for hydroxylation is 1. The molecule has 0 aliphatic rings. The third-order valence-electron chi connectivity index (χ3n) is 6.48. The molecule has 4 aromatic heterocycles. The van der Waals surface area contributed by atoms with E-state index in [-0.39, 0.29) is 37.4 Å². The molecule has 1 aromatic carbocycles. The van der Waals surface area contributed by atoms with E-state index >= 15 is 0 Å². The number of benzene rings is 1. The summed E-state index contributed by atoms with van der Waals surface area (Å²) in [7, 11) is 1.76. The van der Waals surface area contributed by atoms with E-state index in [1.54, 1.807) is 54.3 Å². The second kappa shape index (κ2) is 14.8. The molecule has 0 aliphatic carbocycles. The predicted octanol–water partition coefficient (Wildman–Crippen LogP) is 4.03. The standard InChI is InChI=1S/C31H37N9O7/c1-31(2,3)47-25(42)9-5-6-16-45-46-17-14-32-24(41)18-20-10-12-21(13-11-20)33-30(43)36-29-35-26-22(19-39(4)37-26)28-34-27(38-40(28)29)23-8-7-15-44-23/h7-8,10-13,15,19H,5-6,9,14,16-18H2,1-4H3,(H,32,41)(H2,33,35,36,37,43). The number of anilines is 2. The summed E-state index contributed by atoms with van der Waals surface area (Å²) in [5.41, 5.74) is 1.62. The van der Waals surface area contributed by atoms with Crippen LogP contribution in [0.15, 0.2) is 53.3 Å². The van der Waals surface area contributed by atoms with Crippen LogP contribution in [0.2, 0.25) is 0 Å². The van der Waals surface area contributed by atoms with Gasteiger partial charge in [0.05, 0.1) is 31.3 Å². The molecule has 3 amide bonds. The van der Waals surface area contributed by atoms with Gasteiger partial charge in [-0.3, -0.25) is 19.6 Å². The van der Waals surface area contributed by atoms with Crippen LogP contribution in [0.3, 0.4) is 0 Å². The molecule has 5 aromatic rings. The van der Waals surface area contributed by atoms with Gasteiger partial charge in [-0.05, 0) is 63.4 Å². The van der Waals surface area contributed by atoms with Crippen LogP contribution in [0.5, 0.6) is 0 Å². The van der Waals surface area contributed by atoms with Gasteiger partial charge in [0.15, 0.2) is 17.1 Å². The van der Waals surface area contributed by atoms with Crippen molar-refractivity contribution in [3.8, 4) is 11.6 Å². The zero-order valence-electron chi connectivity index (χ0n) is 26.6. The molecule has 16 heteroatoms. The summed E-state index contributed by atoms with van der Waals surface area (Å²) >= 11 is 0. The van der Waals surface area contributed by atoms with E-state index in [9.17, 15) is 14.4 Å². The highest BCUT2D eigenvalue weighted by molar-refractivity contribution is 6.00. The fraction of sp³-hybridized carbons (Fsp3) is 0.387. The Balaban J connectivity index is 1.04. The molecule has 5 rings (SSSR count). The summed E-state index contributed by atoms with van der Waals surface area (Å²) in [6.07, 6.45) is 5.05. The Morgan fingerprint density at radius 1 is 0.957 bits per heavy atom. The Labute approximate surface area is 269 Å². The quantitative estimate of drug-likeness (QED) is 0.0683. The van der Waals surface area contributed by atoms with Crippen molar-refractivity contribution in [2.24, 2.45) is 7.05 Å². The second-order valence-corrected chi connectivity index (χ2v) is 11.6. The first-order chi connectivity index (χ1) is 22.5. The molecule has 3 N–H and O–H groups in total. The molecule has 0 aliphatic heterocycles. The number of amides is 3. The van der Waals surface area contributed by atoms with E-state index in [2.05, 4.69) is 36.1 Å². The molecule has 0 saturated carbocycles. The number of unbranched alkanes of at least 4 members (excludes halogenated alkanes) is 1. The van der Waals surface area contributed by atoms with E-state index in [0.29, 0.717) is 59.8 Å². The van der Waals surface area contributed by atoms with E-state index in [1.807, 2.05) is 20.8 Å². The first kappa shape index (κ1) is 33.0. The average Bonchev–Trinajstić information content (AvgIpc) is 3.76. The van der Waals surface area contributed by atoms with Gasteiger partial charge in [0.1, 0.15) is 5.60 Å². The SMILES string of the molecule is Cn1cc2c(nc(NC(=O)Nc3ccc(CC(=O)NCCOOCCCCC(=O)OC(C)(C)C)cc3)n3nc(-c4ccco4)nc23)n1. The van der Waals surface area contributed by atoms with E-state index in [0.717, 1.165) is 5.56 Å². The van der Waals surface area contributed by atoms with Crippen molar-refractivity contribution >= 4 is 46.2 Å². The lowest BCUT2D eigenvalue weighted by Crippen LogP contribution is -2.28. The van der Waals surface area contributed by atoms with Crippen molar-refractivity contribution in [3.05, 3.63) is 54.4 Å². The number of nitrogens with one attached hydrogen (secondary N) is 3. The van der Waals surface area contributed by atoms with Crippen molar-refractivity contribution in [2.45, 2.75) is 52.1 Å². The van der Waals surface area contributed by atoms with E-state index in [4.69, 9.17) is 18.9 Å². The number of hydrogen-bond donors (Lipinski definition) is 3. The number of fused-ring (bicyclic) bond motifs is 3. The number of rotatable bonds is 14. The lowest BCUT2D eigenvalue weighted by Gasteiger charge is -2.19. The second-order valence-electron chi connectivity index (χ2n) is 11.6. The number of ether oxygens (including phenoxy) is 1. The molecule has 0 fully saturated rings. The van der Waals surface area contributed by atoms with Gasteiger partial charge < -0.3 is 19.8 Å². The Morgan fingerprint density at radius 3 is 2.49 bits per heavy atom. The van der Waals surface area contributed by atoms with Crippen LogP contribution in [0.1, 0.15) is 45.6 Å². The molecule has 0 saturated heterocycles. The Kier molecular flexibility index (Phi) is 10.4. The highest BCUT2D eigenvalue weighted by atomic mass is 17.2. The van der Waals surface area contributed by atoms with Crippen LogP contribution in [-0.4, -0.2) is 72.6 Å². The summed E-state index contributed by atoms with van der Waals surface area (Å²) in [6, 6.07) is 9.79. The summed E-state index contributed by atoms with van der Waals surface area (Å²) in [5.74, 6) is 0.500. The van der Waals surface area contributed by atoms with Crippen molar-refractivity contribution in [3.63, 3.8) is 0 Å². The maximum Gasteiger partial charge on any atom is 0.326 e. The Hall–Kier alpha value is -5.35. The van der Waals surface area contributed by atoms with E-state index in [1.165, 1.54) is 10.8 Å². The van der Waals surface area contributed by atoms with Crippen molar-refractivity contribution < 1.29 is 33.3 Å². The smallest absolute Gasteiger partial charge is 0.326 e. The number of nitrogens with zero attached hydrogens (tertiary/aromatic N) is 6. The first-order valence-corrected chi connectivity index (χ1v) is 15.1. The van der Waals surface area contributed by atoms with Crippen LogP contribution in [0, 0.1) is 0 Å². The third kappa shape index (κ3) is 9.34. The van der Waals surface area contributed by atoms with Crippen LogP contribution < -0.4 is 16.0 Å². The number of carbonyl (C=O) groups excluding carboxylic acids is 3. The van der Waals surface area contributed by atoms with Gasteiger partial charge in [-0.1, -0.05) is 12.1 Å². The minimum Gasteiger partial charge on any atom is -0.461 e. The zero-order chi connectivity index (χ0) is 33.4. The highest BCUT2D eigenvalue weighted by Gasteiger charge is 2.19. The summed E-state index contributed by atoms with van der Waals surface area (Å²) < 4.78 is 13.7. The number of carbonyl (C=O) groups is 3. The van der Waals surface area contributed by atoms with Gasteiger partial charge in [0.2, 0.25) is 17.7 Å². The number of aromatic nitrogens is 6. The molecule has 0 bridgehead atoms. The van der Waals surface area contributed by atoms with Crippen LogP contribution >= 0.6 is 0 Å². The molecule has 0 unspecified atom stereocenters. The van der Waals surface area contributed by atoms with Crippen LogP contribution in [-0.2, 0) is 37.6 Å². The lowest BCUT2D eigenvalue weighted by molar-refractivity contribution is -0.293.